The van der Waals surface area contributed by atoms with E-state index in [1.54, 1.807) is 0 Å². The minimum Gasteiger partial charge on any atom is -0.485 e. The zero-order chi connectivity index (χ0) is 13.9. The van der Waals surface area contributed by atoms with Gasteiger partial charge in [-0.05, 0) is 49.4 Å². The molecule has 0 amide bonds. The predicted molar refractivity (Wildman–Crippen MR) is 79.3 cm³/mol. The molecule has 0 saturated carbocycles. The van der Waals surface area contributed by atoms with Gasteiger partial charge >= 0.3 is 0 Å². The van der Waals surface area contributed by atoms with Crippen LogP contribution in [0.1, 0.15) is 46.0 Å². The second-order valence-electron chi connectivity index (χ2n) is 5.36. The van der Waals surface area contributed by atoms with Gasteiger partial charge in [0.15, 0.2) is 6.29 Å². The third-order valence-corrected chi connectivity index (χ3v) is 3.88. The van der Waals surface area contributed by atoms with Crippen LogP contribution in [-0.4, -0.2) is 6.29 Å². The third-order valence-electron chi connectivity index (χ3n) is 3.88. The fourth-order valence-corrected chi connectivity index (χ4v) is 2.85. The lowest BCUT2D eigenvalue weighted by Crippen LogP contribution is -2.15. The molecule has 2 nitrogen and oxygen atoms in total. The van der Waals surface area contributed by atoms with E-state index >= 15 is 0 Å². The van der Waals surface area contributed by atoms with Gasteiger partial charge in [-0.15, -0.1) is 0 Å². The number of aldehydes is 1. The maximum atomic E-state index is 11.2. The maximum Gasteiger partial charge on any atom is 0.153 e. The molecule has 2 heteroatoms. The van der Waals surface area contributed by atoms with E-state index in [0.717, 1.165) is 31.1 Å². The van der Waals surface area contributed by atoms with Crippen LogP contribution in [0.2, 0.25) is 0 Å². The van der Waals surface area contributed by atoms with Crippen LogP contribution >= 0.6 is 0 Å². The number of rotatable bonds is 3. The van der Waals surface area contributed by atoms with Crippen molar-refractivity contribution in [1.82, 2.24) is 0 Å². The number of hydrogen-bond donors (Lipinski definition) is 0. The van der Waals surface area contributed by atoms with E-state index < -0.39 is 0 Å². The normalized spacial score (nSPS) is 17.4. The zero-order valence-electron chi connectivity index (χ0n) is 11.6. The van der Waals surface area contributed by atoms with Crippen LogP contribution in [0.5, 0.6) is 5.75 Å². The minimum absolute atomic E-state index is 0.0568. The van der Waals surface area contributed by atoms with E-state index in [0.29, 0.717) is 11.3 Å². The molecule has 0 fully saturated rings. The van der Waals surface area contributed by atoms with Gasteiger partial charge in [-0.25, -0.2) is 0 Å². The van der Waals surface area contributed by atoms with Gasteiger partial charge in [0.1, 0.15) is 11.9 Å². The fourth-order valence-electron chi connectivity index (χ4n) is 2.85. The van der Waals surface area contributed by atoms with Crippen LogP contribution in [0, 0.1) is 6.92 Å². The quantitative estimate of drug-likeness (QED) is 0.776. The molecule has 102 valence electrons. The Labute approximate surface area is 119 Å². The average Bonchev–Trinajstić information content (AvgIpc) is 2.49. The molecular formula is C18H18O2. The van der Waals surface area contributed by atoms with Crippen molar-refractivity contribution in [3.63, 3.8) is 0 Å². The van der Waals surface area contributed by atoms with Crippen LogP contribution in [0.15, 0.2) is 42.5 Å². The predicted octanol–water partition coefficient (Wildman–Crippen LogP) is 4.26. The summed E-state index contributed by atoms with van der Waals surface area (Å²) in [6.45, 7) is 1.98. The highest BCUT2D eigenvalue weighted by Crippen LogP contribution is 2.34. The van der Waals surface area contributed by atoms with Crippen molar-refractivity contribution >= 4 is 6.29 Å². The Hall–Kier alpha value is -2.09. The molecule has 0 bridgehead atoms. The lowest BCUT2D eigenvalue weighted by Gasteiger charge is -2.26. The van der Waals surface area contributed by atoms with E-state index in [4.69, 9.17) is 4.74 Å². The molecule has 0 radical (unpaired) electrons. The molecule has 0 aromatic heterocycles. The number of carbonyl (C=O) groups is 1. The molecule has 1 atom stereocenters. The first kappa shape index (κ1) is 12.9. The second kappa shape index (κ2) is 5.49. The van der Waals surface area contributed by atoms with Crippen molar-refractivity contribution in [1.29, 1.82) is 0 Å². The van der Waals surface area contributed by atoms with Gasteiger partial charge in [-0.2, -0.15) is 0 Å². The van der Waals surface area contributed by atoms with Gasteiger partial charge in [0.05, 0.1) is 5.56 Å². The highest BCUT2D eigenvalue weighted by Gasteiger charge is 2.22. The zero-order valence-corrected chi connectivity index (χ0v) is 11.6. The van der Waals surface area contributed by atoms with Crippen LogP contribution in [0.25, 0.3) is 0 Å². The molecule has 20 heavy (non-hydrogen) atoms. The Morgan fingerprint density at radius 3 is 2.90 bits per heavy atom. The van der Waals surface area contributed by atoms with Crippen molar-refractivity contribution in [2.45, 2.75) is 32.3 Å². The number of hydrogen-bond acceptors (Lipinski definition) is 2. The summed E-state index contributed by atoms with van der Waals surface area (Å²) in [6.07, 6.45) is 4.18. The summed E-state index contributed by atoms with van der Waals surface area (Å²) in [6, 6.07) is 14.2. The summed E-state index contributed by atoms with van der Waals surface area (Å²) in [5.74, 6) is 0.687. The summed E-state index contributed by atoms with van der Waals surface area (Å²) < 4.78 is 6.13. The molecule has 2 aromatic rings. The number of ether oxygens (including phenoxy) is 1. The maximum absolute atomic E-state index is 11.2. The molecule has 0 aliphatic heterocycles. The Kier molecular flexibility index (Phi) is 3.55. The number of benzene rings is 2. The van der Waals surface area contributed by atoms with Gasteiger partial charge < -0.3 is 4.74 Å². The Bertz CT molecular complexity index is 631. The number of carbonyl (C=O) groups excluding carboxylic acids is 1. The van der Waals surface area contributed by atoms with Crippen LogP contribution in [0.3, 0.4) is 0 Å². The van der Waals surface area contributed by atoms with Gasteiger partial charge in [0.2, 0.25) is 0 Å². The molecule has 0 saturated heterocycles. The number of fused-ring (bicyclic) bond motifs is 1. The molecule has 1 aliphatic rings. The largest absolute Gasteiger partial charge is 0.485 e. The van der Waals surface area contributed by atoms with Gasteiger partial charge in [-0.1, -0.05) is 35.9 Å². The molecule has 3 rings (SSSR count). The molecule has 1 aliphatic carbocycles. The summed E-state index contributed by atoms with van der Waals surface area (Å²) >= 11 is 0. The van der Waals surface area contributed by atoms with E-state index in [9.17, 15) is 4.79 Å². The lowest BCUT2D eigenvalue weighted by atomic mass is 9.89. The van der Waals surface area contributed by atoms with Gasteiger partial charge in [-0.3, -0.25) is 4.79 Å². The van der Waals surface area contributed by atoms with E-state index in [-0.39, 0.29) is 6.10 Å². The lowest BCUT2D eigenvalue weighted by molar-refractivity contribution is 0.111. The van der Waals surface area contributed by atoms with Crippen molar-refractivity contribution in [3.05, 3.63) is 64.7 Å². The minimum atomic E-state index is 0.0568. The topological polar surface area (TPSA) is 26.3 Å². The Balaban J connectivity index is 1.91. The van der Waals surface area contributed by atoms with Crippen LogP contribution in [-0.2, 0) is 6.42 Å². The summed E-state index contributed by atoms with van der Waals surface area (Å²) in [7, 11) is 0. The van der Waals surface area contributed by atoms with E-state index in [1.807, 2.05) is 25.1 Å². The monoisotopic (exact) mass is 266 g/mol. The summed E-state index contributed by atoms with van der Waals surface area (Å²) in [4.78, 5) is 11.2. The molecule has 2 aromatic carbocycles. The highest BCUT2D eigenvalue weighted by atomic mass is 16.5. The van der Waals surface area contributed by atoms with Crippen molar-refractivity contribution in [3.8, 4) is 5.75 Å². The molecule has 0 spiro atoms. The first-order valence-corrected chi connectivity index (χ1v) is 7.08. The van der Waals surface area contributed by atoms with E-state index in [2.05, 4.69) is 24.3 Å². The van der Waals surface area contributed by atoms with E-state index in [1.165, 1.54) is 11.1 Å². The van der Waals surface area contributed by atoms with Crippen molar-refractivity contribution < 1.29 is 9.53 Å². The summed E-state index contributed by atoms with van der Waals surface area (Å²) in [5.41, 5.74) is 4.33. The number of aryl methyl sites for hydroxylation is 2. The van der Waals surface area contributed by atoms with Crippen LogP contribution < -0.4 is 4.74 Å². The summed E-state index contributed by atoms with van der Waals surface area (Å²) in [5, 5.41) is 0. The molecule has 1 unspecified atom stereocenters. The van der Waals surface area contributed by atoms with Crippen molar-refractivity contribution in [2.75, 3.05) is 0 Å². The highest BCUT2D eigenvalue weighted by molar-refractivity contribution is 5.79. The second-order valence-corrected chi connectivity index (χ2v) is 5.36. The molecular weight excluding hydrogens is 248 g/mol. The standard InChI is InChI=1S/C18H18O2/c1-13-9-10-17(15(11-13)12-19)20-18-8-4-6-14-5-2-3-7-16(14)18/h2-3,5,7,9-12,18H,4,6,8H2,1H3. The van der Waals surface area contributed by atoms with Crippen LogP contribution in [0.4, 0.5) is 0 Å². The third kappa shape index (κ3) is 2.46. The van der Waals surface area contributed by atoms with Gasteiger partial charge in [0, 0.05) is 0 Å². The Morgan fingerprint density at radius 2 is 2.05 bits per heavy atom. The van der Waals surface area contributed by atoms with Gasteiger partial charge in [0.25, 0.3) is 0 Å². The smallest absolute Gasteiger partial charge is 0.153 e. The first-order valence-electron chi connectivity index (χ1n) is 7.08. The Morgan fingerprint density at radius 1 is 1.20 bits per heavy atom. The fraction of sp³-hybridized carbons (Fsp3) is 0.278. The first-order chi connectivity index (χ1) is 9.78. The van der Waals surface area contributed by atoms with Crippen molar-refractivity contribution in [2.24, 2.45) is 0 Å². The molecule has 0 heterocycles. The average molecular weight is 266 g/mol. The molecule has 0 N–H and O–H groups in total. The SMILES string of the molecule is Cc1ccc(OC2CCCc3ccccc32)c(C=O)c1.